The van der Waals surface area contributed by atoms with Crippen molar-refractivity contribution >= 4 is 32.3 Å². The third-order valence-corrected chi connectivity index (χ3v) is 9.64. The van der Waals surface area contributed by atoms with Gasteiger partial charge in [0.25, 0.3) is 0 Å². The molecule has 3 aromatic rings. The van der Waals surface area contributed by atoms with E-state index in [4.69, 9.17) is 24.7 Å². The summed E-state index contributed by atoms with van der Waals surface area (Å²) < 4.78 is 16.3. The van der Waals surface area contributed by atoms with E-state index in [1.54, 1.807) is 33.7 Å². The number of anilines is 2. The molecule has 0 aliphatic carbocycles. The number of nitrogens with two attached hydrogens (primary N) is 2. The van der Waals surface area contributed by atoms with Crippen molar-refractivity contribution in [3.63, 3.8) is 0 Å². The summed E-state index contributed by atoms with van der Waals surface area (Å²) >= 11 is 0. The van der Waals surface area contributed by atoms with Gasteiger partial charge >= 0.3 is 8.80 Å². The van der Waals surface area contributed by atoms with E-state index in [0.29, 0.717) is 11.4 Å². The number of unbranched alkanes of at least 4 members (excludes halogenated alkanes) is 9. The minimum atomic E-state index is -2.34. The maximum Gasteiger partial charge on any atom is 0.500 e. The van der Waals surface area contributed by atoms with Gasteiger partial charge < -0.3 is 24.7 Å². The van der Waals surface area contributed by atoms with Gasteiger partial charge in [0.1, 0.15) is 12.2 Å². The second-order valence-electron chi connectivity index (χ2n) is 9.94. The minimum Gasteiger partial charge on any atom is -0.399 e. The van der Waals surface area contributed by atoms with Gasteiger partial charge in [-0.3, -0.25) is 5.10 Å². The van der Waals surface area contributed by atoms with Crippen molar-refractivity contribution in [1.82, 2.24) is 15.2 Å². The topological polar surface area (TPSA) is 121 Å². The number of rotatable bonds is 18. The smallest absolute Gasteiger partial charge is 0.399 e. The molecule has 0 unspecified atom stereocenters. The zero-order chi connectivity index (χ0) is 28.9. The number of nitrogens with zero attached hydrogens (tertiary/aromatic N) is 2. The summed E-state index contributed by atoms with van der Waals surface area (Å²) in [5.74, 6) is 1.01. The summed E-state index contributed by atoms with van der Waals surface area (Å²) in [6.07, 6.45) is 19.5. The summed E-state index contributed by atoms with van der Waals surface area (Å²) in [5, 5.41) is 6.78. The fraction of sp³-hybridized carbons (Fsp3) is 0.484. The van der Waals surface area contributed by atoms with Crippen molar-refractivity contribution in [3.05, 3.63) is 71.8 Å². The van der Waals surface area contributed by atoms with Crippen molar-refractivity contribution < 1.29 is 13.3 Å². The highest BCUT2D eigenvalue weighted by Gasteiger charge is 2.36. The molecule has 2 aromatic carbocycles. The Hall–Kier alpha value is -2.98. The summed E-state index contributed by atoms with van der Waals surface area (Å²) in [7, 11) is 2.71. The van der Waals surface area contributed by atoms with Crippen LogP contribution in [-0.2, 0) is 19.7 Å². The molecule has 1 aromatic heterocycles. The molecule has 9 heteroatoms. The van der Waals surface area contributed by atoms with Crippen molar-refractivity contribution in [2.75, 3.05) is 32.8 Å². The van der Waals surface area contributed by atoms with E-state index in [0.717, 1.165) is 35.8 Å². The fourth-order valence-corrected chi connectivity index (χ4v) is 6.31. The molecular formula is C31H49N5O3Si. The van der Waals surface area contributed by atoms with E-state index in [-0.39, 0.29) is 0 Å². The van der Waals surface area contributed by atoms with E-state index in [2.05, 4.69) is 15.2 Å². The van der Waals surface area contributed by atoms with Gasteiger partial charge in [0, 0.05) is 45.2 Å². The molecule has 40 heavy (non-hydrogen) atoms. The van der Waals surface area contributed by atoms with Gasteiger partial charge in [-0.2, -0.15) is 5.10 Å². The second kappa shape index (κ2) is 20.0. The fourth-order valence-electron chi connectivity index (χ4n) is 4.51. The Morgan fingerprint density at radius 3 is 1.75 bits per heavy atom. The Morgan fingerprint density at radius 1 is 0.700 bits per heavy atom. The molecule has 0 saturated carbocycles. The largest absolute Gasteiger partial charge is 0.500 e. The normalized spacial score (nSPS) is 11.5. The lowest BCUT2D eigenvalue weighted by Gasteiger charge is -2.24. The van der Waals surface area contributed by atoms with Crippen molar-refractivity contribution in [2.45, 2.75) is 76.7 Å². The Kier molecular flexibility index (Phi) is 16.6. The van der Waals surface area contributed by atoms with Gasteiger partial charge in [-0.1, -0.05) is 93.9 Å². The minimum absolute atomic E-state index is 0.688. The first kappa shape index (κ1) is 33.2. The lowest BCUT2D eigenvalue weighted by molar-refractivity contribution is 0.122. The van der Waals surface area contributed by atoms with Crippen LogP contribution in [0.15, 0.2) is 54.9 Å². The highest BCUT2D eigenvalue weighted by Crippen LogP contribution is 2.19. The van der Waals surface area contributed by atoms with Crippen LogP contribution >= 0.6 is 0 Å². The van der Waals surface area contributed by atoms with E-state index in [9.17, 15) is 0 Å². The first-order valence-corrected chi connectivity index (χ1v) is 16.3. The summed E-state index contributed by atoms with van der Waals surface area (Å²) in [6, 6.07) is 16.6. The molecule has 3 rings (SSSR count). The molecule has 0 radical (unpaired) electrons. The molecule has 0 spiro atoms. The predicted octanol–water partition coefficient (Wildman–Crippen LogP) is 7.15. The van der Waals surface area contributed by atoms with Crippen molar-refractivity contribution in [1.29, 1.82) is 0 Å². The molecule has 0 aliphatic rings. The van der Waals surface area contributed by atoms with Crippen LogP contribution < -0.4 is 11.5 Å². The zero-order valence-corrected chi connectivity index (χ0v) is 25.6. The van der Waals surface area contributed by atoms with Gasteiger partial charge in [0.05, 0.1) is 0 Å². The van der Waals surface area contributed by atoms with Crippen LogP contribution in [0.5, 0.6) is 0 Å². The third kappa shape index (κ3) is 13.9. The maximum atomic E-state index is 5.71. The molecule has 1 heterocycles. The van der Waals surface area contributed by atoms with Crippen LogP contribution in [0.1, 0.15) is 81.2 Å². The number of benzene rings is 2. The number of aryl methyl sites for hydroxylation is 1. The monoisotopic (exact) mass is 567 g/mol. The Morgan fingerprint density at radius 2 is 1.23 bits per heavy atom. The highest BCUT2D eigenvalue weighted by atomic mass is 28.4. The second-order valence-corrected chi connectivity index (χ2v) is 13.0. The first-order chi connectivity index (χ1) is 19.5. The molecule has 0 bridgehead atoms. The summed E-state index contributed by atoms with van der Waals surface area (Å²) in [4.78, 5) is 4.14. The van der Waals surface area contributed by atoms with E-state index in [1.807, 2.05) is 54.6 Å². The van der Waals surface area contributed by atoms with Crippen LogP contribution in [0.4, 0.5) is 11.4 Å². The number of aromatic amines is 1. The number of nitrogens with one attached hydrogen (secondary N) is 1. The maximum absolute atomic E-state index is 5.71. The first-order valence-electron chi connectivity index (χ1n) is 14.4. The van der Waals surface area contributed by atoms with Crippen LogP contribution in [0.3, 0.4) is 0 Å². The van der Waals surface area contributed by atoms with E-state index in [1.165, 1.54) is 57.8 Å². The molecule has 220 valence electrons. The highest BCUT2D eigenvalue weighted by molar-refractivity contribution is 6.60. The Bertz CT molecular complexity index is 1030. The average Bonchev–Trinajstić information content (AvgIpc) is 3.49. The number of nitrogen functional groups attached to an aromatic ring is 2. The van der Waals surface area contributed by atoms with Crippen LogP contribution in [0.25, 0.3) is 12.2 Å². The lowest BCUT2D eigenvalue weighted by Crippen LogP contribution is -2.42. The molecule has 0 aliphatic heterocycles. The lowest BCUT2D eigenvalue weighted by atomic mass is 10.1. The zero-order valence-electron chi connectivity index (χ0n) is 24.6. The molecule has 5 N–H and O–H groups in total. The van der Waals surface area contributed by atoms with E-state index >= 15 is 0 Å². The average molecular weight is 568 g/mol. The van der Waals surface area contributed by atoms with Gasteiger partial charge in [-0.05, 0) is 42.2 Å². The van der Waals surface area contributed by atoms with Crippen molar-refractivity contribution in [2.24, 2.45) is 0 Å². The number of hydrogen-bond donors (Lipinski definition) is 3. The summed E-state index contributed by atoms with van der Waals surface area (Å²) in [6.45, 7) is 0. The quantitative estimate of drug-likeness (QED) is 0.0646. The molecule has 8 nitrogen and oxygen atoms in total. The molecule has 0 saturated heterocycles. The molecular weight excluding hydrogens is 518 g/mol. The standard InChI is InChI=1S/C17H35N3O3Si.C14H14N2/c1-21-24(22-2,23-3)15-13-11-9-7-5-4-6-8-10-12-14-17-18-16-19-20-17;15-13-8-12(9-14(16)10-13)7-6-11-4-2-1-3-5-11/h16H,4-15H2,1-3H3,(H,18,19,20);1-10H,15-16H2. The predicted molar refractivity (Wildman–Crippen MR) is 168 cm³/mol. The van der Waals surface area contributed by atoms with Crippen molar-refractivity contribution in [3.8, 4) is 0 Å². The number of aromatic nitrogens is 3. The van der Waals surface area contributed by atoms with Gasteiger partial charge in [0.2, 0.25) is 0 Å². The third-order valence-electron chi connectivity index (χ3n) is 6.81. The van der Waals surface area contributed by atoms with Crippen LogP contribution in [-0.4, -0.2) is 45.3 Å². The number of hydrogen-bond acceptors (Lipinski definition) is 7. The molecule has 0 fully saturated rings. The molecule has 0 atom stereocenters. The number of H-pyrrole nitrogens is 1. The Labute approximate surface area is 241 Å². The molecule has 0 amide bonds. The van der Waals surface area contributed by atoms with E-state index < -0.39 is 8.80 Å². The Balaban J connectivity index is 0.000000302. The van der Waals surface area contributed by atoms with Crippen LogP contribution in [0, 0.1) is 0 Å². The van der Waals surface area contributed by atoms with Crippen LogP contribution in [0.2, 0.25) is 6.04 Å². The summed E-state index contributed by atoms with van der Waals surface area (Å²) in [5.41, 5.74) is 15.0. The van der Waals surface area contributed by atoms with Gasteiger partial charge in [0.15, 0.2) is 0 Å². The van der Waals surface area contributed by atoms with Gasteiger partial charge in [-0.25, -0.2) is 4.98 Å². The van der Waals surface area contributed by atoms with Gasteiger partial charge in [-0.15, -0.1) is 0 Å². The SMILES string of the molecule is CO[Si](CCCCCCCCCCCCc1ncn[nH]1)(OC)OC.Nc1cc(N)cc(C=Cc2ccccc2)c1.